The van der Waals surface area contributed by atoms with Gasteiger partial charge in [-0.3, -0.25) is 19.3 Å². The Bertz CT molecular complexity index is 1160. The van der Waals surface area contributed by atoms with Gasteiger partial charge < -0.3 is 15.2 Å². The molecule has 0 radical (unpaired) electrons. The maximum atomic E-state index is 13.4. The van der Waals surface area contributed by atoms with Gasteiger partial charge in [0.05, 0.1) is 24.4 Å². The molecule has 1 aliphatic heterocycles. The molecule has 0 aromatic heterocycles. The number of benzene rings is 2. The van der Waals surface area contributed by atoms with Crippen molar-refractivity contribution in [3.8, 4) is 5.75 Å². The highest BCUT2D eigenvalue weighted by atomic mass is 16.5. The molecule has 1 heterocycles. The van der Waals surface area contributed by atoms with Crippen LogP contribution in [0.25, 0.3) is 0 Å². The zero-order chi connectivity index (χ0) is 23.2. The van der Waals surface area contributed by atoms with E-state index in [1.807, 2.05) is 32.0 Å². The lowest BCUT2D eigenvalue weighted by Crippen LogP contribution is -2.32. The Morgan fingerprint density at radius 3 is 2.44 bits per heavy atom. The van der Waals surface area contributed by atoms with E-state index in [4.69, 9.17) is 4.74 Å². The number of ketones is 1. The van der Waals surface area contributed by atoms with Crippen molar-refractivity contribution in [2.75, 3.05) is 17.3 Å². The first-order valence-corrected chi connectivity index (χ1v) is 10.6. The van der Waals surface area contributed by atoms with Gasteiger partial charge in [-0.2, -0.15) is 0 Å². The molecule has 1 aliphatic carbocycles. The van der Waals surface area contributed by atoms with Crippen LogP contribution in [0, 0.1) is 19.8 Å². The summed E-state index contributed by atoms with van der Waals surface area (Å²) in [5.74, 6) is -1.43. The van der Waals surface area contributed by atoms with Crippen LogP contribution in [0.3, 0.4) is 0 Å². The molecule has 2 aromatic rings. The Kier molecular flexibility index (Phi) is 5.50. The average Bonchev–Trinajstić information content (AvgIpc) is 3.55. The fourth-order valence-electron chi connectivity index (χ4n) is 4.26. The van der Waals surface area contributed by atoms with Crippen LogP contribution in [0.5, 0.6) is 5.75 Å². The molecule has 0 spiro atoms. The van der Waals surface area contributed by atoms with Crippen molar-refractivity contribution >= 4 is 29.0 Å². The zero-order valence-electron chi connectivity index (χ0n) is 18.6. The highest BCUT2D eigenvalue weighted by Crippen LogP contribution is 2.48. The Morgan fingerprint density at radius 2 is 1.84 bits per heavy atom. The van der Waals surface area contributed by atoms with Gasteiger partial charge in [0.15, 0.2) is 11.5 Å². The number of carbonyl (C=O) groups excluding carboxylic acids is 3. The number of aryl methyl sites for hydroxylation is 2. The Morgan fingerprint density at radius 1 is 1.12 bits per heavy atom. The quantitative estimate of drug-likeness (QED) is 0.712. The monoisotopic (exact) mass is 434 g/mol. The molecule has 0 unspecified atom stereocenters. The molecular formula is C25H26N2O5. The van der Waals surface area contributed by atoms with Crippen LogP contribution >= 0.6 is 0 Å². The van der Waals surface area contributed by atoms with Crippen LogP contribution in [0.2, 0.25) is 0 Å². The topological polar surface area (TPSA) is 95.9 Å². The number of hydrogen-bond donors (Lipinski definition) is 2. The molecule has 2 aliphatic rings. The van der Waals surface area contributed by atoms with Crippen molar-refractivity contribution in [1.82, 2.24) is 0 Å². The van der Waals surface area contributed by atoms with Crippen molar-refractivity contribution in [2.24, 2.45) is 5.92 Å². The second-order valence-electron chi connectivity index (χ2n) is 8.41. The molecule has 7 nitrogen and oxygen atoms in total. The fourth-order valence-corrected chi connectivity index (χ4v) is 4.26. The number of Topliss-reactive ketones (excluding diaryl/α,β-unsaturated/α-hetero) is 1. The number of hydrogen-bond acceptors (Lipinski definition) is 5. The van der Waals surface area contributed by atoms with Crippen molar-refractivity contribution in [2.45, 2.75) is 39.7 Å². The molecule has 1 atom stereocenters. The second-order valence-corrected chi connectivity index (χ2v) is 8.41. The molecule has 2 aromatic carbocycles. The third-order valence-corrected chi connectivity index (χ3v) is 5.90. The minimum Gasteiger partial charge on any atom is -0.503 e. The number of aliphatic hydroxyl groups excluding tert-OH is 1. The number of nitrogens with one attached hydrogen (secondary N) is 1. The summed E-state index contributed by atoms with van der Waals surface area (Å²) in [6.07, 6.45) is 1.51. The number of aliphatic hydroxyl groups is 1. The normalized spacial score (nSPS) is 18.2. The van der Waals surface area contributed by atoms with Gasteiger partial charge in [-0.05, 0) is 56.0 Å². The number of nitrogens with zero attached hydrogens (tertiary/aromatic N) is 1. The lowest BCUT2D eigenvalue weighted by Gasteiger charge is -2.29. The minimum atomic E-state index is -0.794. The average molecular weight is 434 g/mol. The first-order valence-electron chi connectivity index (χ1n) is 10.6. The summed E-state index contributed by atoms with van der Waals surface area (Å²) in [4.78, 5) is 39.5. The maximum Gasteiger partial charge on any atom is 0.294 e. The first-order chi connectivity index (χ1) is 15.2. The third-order valence-electron chi connectivity index (χ3n) is 5.90. The Balaban J connectivity index is 1.91. The smallest absolute Gasteiger partial charge is 0.294 e. The number of rotatable bonds is 6. The Hall–Kier alpha value is -3.61. The van der Waals surface area contributed by atoms with Gasteiger partial charge in [-0.1, -0.05) is 23.8 Å². The van der Waals surface area contributed by atoms with Gasteiger partial charge in [0.25, 0.3) is 5.91 Å². The highest BCUT2D eigenvalue weighted by molar-refractivity contribution is 6.18. The number of carbonyl (C=O) groups is 3. The third kappa shape index (κ3) is 3.75. The predicted octanol–water partition coefficient (Wildman–Crippen LogP) is 4.15. The zero-order valence-corrected chi connectivity index (χ0v) is 18.6. The molecule has 166 valence electrons. The van der Waals surface area contributed by atoms with Crippen LogP contribution in [0.1, 0.15) is 42.5 Å². The van der Waals surface area contributed by atoms with E-state index in [0.29, 0.717) is 17.1 Å². The first kappa shape index (κ1) is 21.6. The van der Waals surface area contributed by atoms with Gasteiger partial charge in [-0.25, -0.2) is 0 Å². The molecule has 1 saturated carbocycles. The summed E-state index contributed by atoms with van der Waals surface area (Å²) in [6.45, 7) is 5.28. The van der Waals surface area contributed by atoms with Crippen molar-refractivity contribution < 1.29 is 24.2 Å². The lowest BCUT2D eigenvalue weighted by atomic mass is 9.90. The van der Waals surface area contributed by atoms with E-state index in [1.54, 1.807) is 18.2 Å². The van der Waals surface area contributed by atoms with E-state index in [0.717, 1.165) is 29.5 Å². The van der Waals surface area contributed by atoms with E-state index in [1.165, 1.54) is 18.9 Å². The number of methoxy groups -OCH3 is 1. The van der Waals surface area contributed by atoms with Gasteiger partial charge in [-0.15, -0.1) is 0 Å². The van der Waals surface area contributed by atoms with Gasteiger partial charge >= 0.3 is 0 Å². The van der Waals surface area contributed by atoms with Gasteiger partial charge in [0.2, 0.25) is 5.91 Å². The highest BCUT2D eigenvalue weighted by Gasteiger charge is 2.48. The van der Waals surface area contributed by atoms with E-state index >= 15 is 0 Å². The summed E-state index contributed by atoms with van der Waals surface area (Å²) >= 11 is 0. The molecular weight excluding hydrogens is 408 g/mol. The molecule has 4 rings (SSSR count). The summed E-state index contributed by atoms with van der Waals surface area (Å²) in [6, 6.07) is 9.93. The lowest BCUT2D eigenvalue weighted by molar-refractivity contribution is -0.118. The van der Waals surface area contributed by atoms with Crippen molar-refractivity contribution in [3.05, 3.63) is 64.4 Å². The second kappa shape index (κ2) is 8.15. The van der Waals surface area contributed by atoms with Crippen LogP contribution < -0.4 is 15.0 Å². The summed E-state index contributed by atoms with van der Waals surface area (Å²) in [5, 5.41) is 13.6. The standard InChI is InChI=1S/C25H26N2O5/c1-13-5-9-18(14(2)11-13)22-21(23(29)16-6-7-16)24(30)25(31)27(22)19-12-17(26-15(3)28)8-10-20(19)32-4/h5,8-12,16,22,30H,6-7H2,1-4H3,(H,26,28)/t22-/m1/s1. The van der Waals surface area contributed by atoms with Crippen LogP contribution in [0.15, 0.2) is 47.7 Å². The fraction of sp³-hybridized carbons (Fsp3) is 0.320. The molecule has 0 bridgehead atoms. The van der Waals surface area contributed by atoms with E-state index < -0.39 is 17.7 Å². The molecule has 1 fully saturated rings. The van der Waals surface area contributed by atoms with Crippen molar-refractivity contribution in [3.63, 3.8) is 0 Å². The van der Waals surface area contributed by atoms with E-state index in [-0.39, 0.29) is 23.2 Å². The molecule has 32 heavy (non-hydrogen) atoms. The number of anilines is 2. The largest absolute Gasteiger partial charge is 0.503 e. The Labute approximate surface area is 186 Å². The number of amides is 2. The maximum absolute atomic E-state index is 13.4. The van der Waals surface area contributed by atoms with Crippen molar-refractivity contribution in [1.29, 1.82) is 0 Å². The predicted molar refractivity (Wildman–Crippen MR) is 121 cm³/mol. The SMILES string of the molecule is COc1ccc(NC(C)=O)cc1N1C(=O)C(O)=C(C(=O)C2CC2)[C@H]1c1ccc(C)cc1C. The minimum absolute atomic E-state index is 0.122. The molecule has 0 saturated heterocycles. The molecule has 2 N–H and O–H groups in total. The summed E-state index contributed by atoms with van der Waals surface area (Å²) in [7, 11) is 1.48. The van der Waals surface area contributed by atoms with Crippen LogP contribution in [0.4, 0.5) is 11.4 Å². The molecule has 7 heteroatoms. The van der Waals surface area contributed by atoms with Gasteiger partial charge in [0.1, 0.15) is 5.75 Å². The van der Waals surface area contributed by atoms with E-state index in [9.17, 15) is 19.5 Å². The van der Waals surface area contributed by atoms with Crippen LogP contribution in [-0.4, -0.2) is 29.8 Å². The summed E-state index contributed by atoms with van der Waals surface area (Å²) < 4.78 is 5.50. The van der Waals surface area contributed by atoms with E-state index in [2.05, 4.69) is 5.32 Å². The van der Waals surface area contributed by atoms with Crippen LogP contribution in [-0.2, 0) is 14.4 Å². The summed E-state index contributed by atoms with van der Waals surface area (Å²) in [5.41, 5.74) is 3.66. The number of ether oxygens (including phenoxy) is 1. The molecule has 2 amide bonds. The van der Waals surface area contributed by atoms with Gasteiger partial charge in [0, 0.05) is 18.5 Å².